The van der Waals surface area contributed by atoms with Gasteiger partial charge in [0.1, 0.15) is 5.75 Å². The largest absolute Gasteiger partial charge is 0.507 e. The topological polar surface area (TPSA) is 46.0 Å². The Kier molecular flexibility index (Phi) is 3.97. The van der Waals surface area contributed by atoms with Crippen LogP contribution in [0.1, 0.15) is 0 Å². The molecule has 2 heterocycles. The molecule has 1 N–H and O–H groups in total. The second kappa shape index (κ2) is 6.57. The van der Waals surface area contributed by atoms with E-state index in [1.165, 1.54) is 0 Å². The molecule has 0 atom stereocenters. The summed E-state index contributed by atoms with van der Waals surface area (Å²) in [6.07, 6.45) is 1.77. The van der Waals surface area contributed by atoms with Gasteiger partial charge < -0.3 is 5.11 Å². The molecule has 0 radical (unpaired) electrons. The first-order chi connectivity index (χ1) is 12.3. The first kappa shape index (κ1) is 15.1. The minimum Gasteiger partial charge on any atom is -0.507 e. The molecule has 0 bridgehead atoms. The Morgan fingerprint density at radius 3 is 2.16 bits per heavy atom. The summed E-state index contributed by atoms with van der Waals surface area (Å²) < 4.78 is 0. The first-order valence-corrected chi connectivity index (χ1v) is 8.08. The summed E-state index contributed by atoms with van der Waals surface area (Å²) in [5.41, 5.74) is 5.33. The maximum Gasteiger partial charge on any atom is 0.123 e. The van der Waals surface area contributed by atoms with Crippen LogP contribution in [0.25, 0.3) is 33.8 Å². The van der Waals surface area contributed by atoms with Crippen LogP contribution in [-0.2, 0) is 0 Å². The van der Waals surface area contributed by atoms with Gasteiger partial charge in [-0.3, -0.25) is 4.98 Å². The number of aromatic hydroxyl groups is 1. The lowest BCUT2D eigenvalue weighted by Crippen LogP contribution is -1.90. The van der Waals surface area contributed by atoms with Crippen molar-refractivity contribution < 1.29 is 5.11 Å². The average molecular weight is 324 g/mol. The third-order valence-electron chi connectivity index (χ3n) is 4.05. The zero-order valence-corrected chi connectivity index (χ0v) is 13.5. The Labute approximate surface area is 146 Å². The summed E-state index contributed by atoms with van der Waals surface area (Å²) in [5.74, 6) is 0.273. The molecule has 0 aliphatic carbocycles. The van der Waals surface area contributed by atoms with Crippen molar-refractivity contribution in [3.63, 3.8) is 0 Å². The molecular weight excluding hydrogens is 308 g/mol. The van der Waals surface area contributed by atoms with Gasteiger partial charge in [0.2, 0.25) is 0 Å². The van der Waals surface area contributed by atoms with Gasteiger partial charge in [0.05, 0.1) is 17.1 Å². The van der Waals surface area contributed by atoms with Crippen LogP contribution in [0, 0.1) is 0 Å². The van der Waals surface area contributed by atoms with Crippen LogP contribution < -0.4 is 0 Å². The standard InChI is InChI=1S/C22H16N2O/c25-22-13-2-1-9-18(22)16-7-5-8-17(15-16)19-11-6-12-21(24-19)20-10-3-4-14-23-20/h1-15,25H. The molecule has 2 aromatic heterocycles. The fraction of sp³-hybridized carbons (Fsp3) is 0. The minimum atomic E-state index is 0.273. The summed E-state index contributed by atoms with van der Waals surface area (Å²) in [6.45, 7) is 0. The van der Waals surface area contributed by atoms with E-state index in [1.54, 1.807) is 12.3 Å². The van der Waals surface area contributed by atoms with Crippen LogP contribution in [0.3, 0.4) is 0 Å². The van der Waals surface area contributed by atoms with E-state index in [1.807, 2.05) is 78.9 Å². The first-order valence-electron chi connectivity index (χ1n) is 8.08. The number of pyridine rings is 2. The molecule has 2 aromatic carbocycles. The van der Waals surface area contributed by atoms with Gasteiger partial charge in [0, 0.05) is 17.3 Å². The number of nitrogens with zero attached hydrogens (tertiary/aromatic N) is 2. The van der Waals surface area contributed by atoms with E-state index in [0.29, 0.717) is 0 Å². The Balaban J connectivity index is 1.76. The highest BCUT2D eigenvalue weighted by atomic mass is 16.3. The third-order valence-corrected chi connectivity index (χ3v) is 4.05. The minimum absolute atomic E-state index is 0.273. The molecule has 4 rings (SSSR count). The summed E-state index contributed by atoms with van der Waals surface area (Å²) in [5, 5.41) is 10.1. The molecule has 3 heteroatoms. The predicted molar refractivity (Wildman–Crippen MR) is 100 cm³/mol. The lowest BCUT2D eigenvalue weighted by Gasteiger charge is -2.08. The Morgan fingerprint density at radius 2 is 1.32 bits per heavy atom. The van der Waals surface area contributed by atoms with Crippen LogP contribution in [0.4, 0.5) is 0 Å². The van der Waals surface area contributed by atoms with Crippen LogP contribution >= 0.6 is 0 Å². The second-order valence-corrected chi connectivity index (χ2v) is 5.72. The summed E-state index contributed by atoms with van der Waals surface area (Å²) in [6, 6.07) is 27.1. The average Bonchev–Trinajstić information content (AvgIpc) is 2.69. The summed E-state index contributed by atoms with van der Waals surface area (Å²) >= 11 is 0. The molecule has 25 heavy (non-hydrogen) atoms. The highest BCUT2D eigenvalue weighted by molar-refractivity contribution is 5.75. The number of hydrogen-bond donors (Lipinski definition) is 1. The van der Waals surface area contributed by atoms with Crippen molar-refractivity contribution in [3.05, 3.63) is 91.1 Å². The highest BCUT2D eigenvalue weighted by Gasteiger charge is 2.07. The molecule has 0 unspecified atom stereocenters. The van der Waals surface area contributed by atoms with Crippen LogP contribution in [-0.4, -0.2) is 15.1 Å². The molecule has 0 aliphatic rings. The quantitative estimate of drug-likeness (QED) is 0.564. The monoisotopic (exact) mass is 324 g/mol. The van der Waals surface area contributed by atoms with Crippen molar-refractivity contribution in [2.45, 2.75) is 0 Å². The molecule has 0 saturated heterocycles. The van der Waals surface area contributed by atoms with Crippen molar-refractivity contribution in [2.24, 2.45) is 0 Å². The molecule has 120 valence electrons. The molecule has 0 spiro atoms. The Morgan fingerprint density at radius 1 is 0.600 bits per heavy atom. The van der Waals surface area contributed by atoms with E-state index in [9.17, 15) is 5.11 Å². The van der Waals surface area contributed by atoms with E-state index < -0.39 is 0 Å². The van der Waals surface area contributed by atoms with Gasteiger partial charge in [-0.05, 0) is 42.0 Å². The molecule has 0 fully saturated rings. The van der Waals surface area contributed by atoms with E-state index in [2.05, 4.69) is 4.98 Å². The Bertz CT molecular complexity index is 1010. The number of rotatable bonds is 3. The van der Waals surface area contributed by atoms with Crippen molar-refractivity contribution >= 4 is 0 Å². The number of hydrogen-bond acceptors (Lipinski definition) is 3. The van der Waals surface area contributed by atoms with E-state index in [-0.39, 0.29) is 5.75 Å². The maximum absolute atomic E-state index is 10.1. The van der Waals surface area contributed by atoms with Gasteiger partial charge in [0.25, 0.3) is 0 Å². The van der Waals surface area contributed by atoms with Crippen LogP contribution in [0.15, 0.2) is 91.1 Å². The van der Waals surface area contributed by atoms with E-state index >= 15 is 0 Å². The number of phenolic OH excluding ortho intramolecular Hbond substituents is 1. The highest BCUT2D eigenvalue weighted by Crippen LogP contribution is 2.31. The van der Waals surface area contributed by atoms with Gasteiger partial charge >= 0.3 is 0 Å². The smallest absolute Gasteiger partial charge is 0.123 e. The van der Waals surface area contributed by atoms with Gasteiger partial charge in [0.15, 0.2) is 0 Å². The van der Waals surface area contributed by atoms with Crippen molar-refractivity contribution in [1.82, 2.24) is 9.97 Å². The zero-order chi connectivity index (χ0) is 17.1. The molecule has 3 nitrogen and oxygen atoms in total. The zero-order valence-electron chi connectivity index (χ0n) is 13.5. The lowest BCUT2D eigenvalue weighted by atomic mass is 10.0. The maximum atomic E-state index is 10.1. The van der Waals surface area contributed by atoms with Crippen molar-refractivity contribution in [3.8, 4) is 39.5 Å². The lowest BCUT2D eigenvalue weighted by molar-refractivity contribution is 0.477. The summed E-state index contributed by atoms with van der Waals surface area (Å²) in [7, 11) is 0. The molecule has 4 aromatic rings. The van der Waals surface area contributed by atoms with E-state index in [4.69, 9.17) is 4.98 Å². The molecule has 0 amide bonds. The fourth-order valence-electron chi connectivity index (χ4n) is 2.82. The third kappa shape index (κ3) is 3.12. The Hall–Kier alpha value is -3.46. The van der Waals surface area contributed by atoms with Crippen LogP contribution in [0.5, 0.6) is 5.75 Å². The van der Waals surface area contributed by atoms with Gasteiger partial charge in [-0.25, -0.2) is 4.98 Å². The number of benzene rings is 2. The molecule has 0 aliphatic heterocycles. The molecule has 0 saturated carbocycles. The van der Waals surface area contributed by atoms with Gasteiger partial charge in [-0.1, -0.05) is 48.5 Å². The number of para-hydroxylation sites is 1. The fourth-order valence-corrected chi connectivity index (χ4v) is 2.82. The molecular formula is C22H16N2O. The summed E-state index contributed by atoms with van der Waals surface area (Å²) in [4.78, 5) is 9.11. The predicted octanol–water partition coefficient (Wildman–Crippen LogP) is 5.18. The van der Waals surface area contributed by atoms with E-state index in [0.717, 1.165) is 33.8 Å². The van der Waals surface area contributed by atoms with Gasteiger partial charge in [-0.15, -0.1) is 0 Å². The number of aromatic nitrogens is 2. The van der Waals surface area contributed by atoms with Gasteiger partial charge in [-0.2, -0.15) is 0 Å². The second-order valence-electron chi connectivity index (χ2n) is 5.72. The SMILES string of the molecule is Oc1ccccc1-c1cccc(-c2cccc(-c3ccccn3)n2)c1. The number of phenols is 1. The normalized spacial score (nSPS) is 10.6. The van der Waals surface area contributed by atoms with Crippen molar-refractivity contribution in [1.29, 1.82) is 0 Å². The van der Waals surface area contributed by atoms with Crippen molar-refractivity contribution in [2.75, 3.05) is 0 Å². The van der Waals surface area contributed by atoms with Crippen LogP contribution in [0.2, 0.25) is 0 Å².